The molecule has 10 nitrogen and oxygen atoms in total. The Morgan fingerprint density at radius 1 is 1.06 bits per heavy atom. The van der Waals surface area contributed by atoms with Gasteiger partial charge in [0.05, 0.1) is 39.3 Å². The molecule has 12 heteroatoms. The predicted molar refractivity (Wildman–Crippen MR) is 135 cm³/mol. The van der Waals surface area contributed by atoms with Crippen LogP contribution in [-0.2, 0) is 23.0 Å². The standard InChI is InChI=1S/C23H28N4O6S2/c1-7-14-11-15(22(29)33-8-2)21(35-14)24-18(28)12-34-23-26-25-20(27(23)3)13-9-16(30-4)19(32-6)17(10-13)31-5/h9-11H,7-8,12H2,1-6H3,(H,24,28). The number of rotatable bonds is 11. The quantitative estimate of drug-likeness (QED) is 0.295. The highest BCUT2D eigenvalue weighted by atomic mass is 32.2. The molecule has 0 aliphatic carbocycles. The maximum Gasteiger partial charge on any atom is 0.341 e. The molecular formula is C23H28N4O6S2. The lowest BCUT2D eigenvalue weighted by molar-refractivity contribution is -0.113. The zero-order valence-corrected chi connectivity index (χ0v) is 22.1. The number of hydrogen-bond donors (Lipinski definition) is 1. The molecule has 0 bridgehead atoms. The van der Waals surface area contributed by atoms with Gasteiger partial charge in [-0.2, -0.15) is 0 Å². The molecule has 0 aliphatic heterocycles. The number of amides is 1. The highest BCUT2D eigenvalue weighted by Gasteiger charge is 2.21. The topological polar surface area (TPSA) is 114 Å². The highest BCUT2D eigenvalue weighted by molar-refractivity contribution is 7.99. The van der Waals surface area contributed by atoms with E-state index in [0.717, 1.165) is 16.9 Å². The fourth-order valence-corrected chi connectivity index (χ4v) is 4.98. The molecule has 2 heterocycles. The molecule has 0 radical (unpaired) electrons. The smallest absolute Gasteiger partial charge is 0.341 e. The van der Waals surface area contributed by atoms with Crippen LogP contribution in [-0.4, -0.2) is 60.3 Å². The third-order valence-electron chi connectivity index (χ3n) is 4.97. The van der Waals surface area contributed by atoms with Gasteiger partial charge >= 0.3 is 5.97 Å². The molecule has 0 atom stereocenters. The van der Waals surface area contributed by atoms with Crippen LogP contribution in [0.5, 0.6) is 17.2 Å². The summed E-state index contributed by atoms with van der Waals surface area (Å²) in [5, 5.41) is 12.4. The van der Waals surface area contributed by atoms with Gasteiger partial charge in [0.15, 0.2) is 22.5 Å². The number of methoxy groups -OCH3 is 3. The van der Waals surface area contributed by atoms with E-state index >= 15 is 0 Å². The van der Waals surface area contributed by atoms with E-state index in [9.17, 15) is 9.59 Å². The molecule has 0 saturated carbocycles. The van der Waals surface area contributed by atoms with Crippen molar-refractivity contribution >= 4 is 40.0 Å². The molecule has 0 unspecified atom stereocenters. The number of aryl methyl sites for hydroxylation is 1. The lowest BCUT2D eigenvalue weighted by Gasteiger charge is -2.14. The van der Waals surface area contributed by atoms with Crippen LogP contribution in [0.2, 0.25) is 0 Å². The molecule has 3 aromatic rings. The Kier molecular flexibility index (Phi) is 8.99. The van der Waals surface area contributed by atoms with Crippen molar-refractivity contribution in [1.82, 2.24) is 14.8 Å². The highest BCUT2D eigenvalue weighted by Crippen LogP contribution is 2.41. The minimum absolute atomic E-state index is 0.0862. The van der Waals surface area contributed by atoms with Gasteiger partial charge in [0.25, 0.3) is 0 Å². The number of nitrogens with one attached hydrogen (secondary N) is 1. The number of carbonyl (C=O) groups is 2. The normalized spacial score (nSPS) is 10.7. The van der Waals surface area contributed by atoms with Gasteiger partial charge in [-0.1, -0.05) is 18.7 Å². The number of benzene rings is 1. The number of nitrogens with zero attached hydrogens (tertiary/aromatic N) is 3. The minimum Gasteiger partial charge on any atom is -0.493 e. The van der Waals surface area contributed by atoms with Gasteiger partial charge in [-0.3, -0.25) is 4.79 Å². The van der Waals surface area contributed by atoms with Crippen molar-refractivity contribution in [2.75, 3.05) is 39.0 Å². The lowest BCUT2D eigenvalue weighted by atomic mass is 10.1. The molecule has 35 heavy (non-hydrogen) atoms. The third kappa shape index (κ3) is 5.88. The van der Waals surface area contributed by atoms with Crippen LogP contribution in [0, 0.1) is 0 Å². The van der Waals surface area contributed by atoms with Crippen molar-refractivity contribution in [2.45, 2.75) is 25.4 Å². The van der Waals surface area contributed by atoms with Gasteiger partial charge < -0.3 is 28.8 Å². The van der Waals surface area contributed by atoms with Crippen LogP contribution in [0.1, 0.15) is 29.1 Å². The summed E-state index contributed by atoms with van der Waals surface area (Å²) in [6, 6.07) is 5.33. The van der Waals surface area contributed by atoms with E-state index < -0.39 is 5.97 Å². The first-order valence-corrected chi connectivity index (χ1v) is 12.6. The average Bonchev–Trinajstić information content (AvgIpc) is 3.44. The molecule has 1 amide bonds. The summed E-state index contributed by atoms with van der Waals surface area (Å²) in [6.07, 6.45) is 0.754. The second-order valence-electron chi connectivity index (χ2n) is 7.15. The van der Waals surface area contributed by atoms with Gasteiger partial charge in [0.1, 0.15) is 5.00 Å². The number of thiophene rings is 1. The van der Waals surface area contributed by atoms with Crippen LogP contribution in [0.3, 0.4) is 0 Å². The molecule has 0 aliphatic rings. The zero-order valence-electron chi connectivity index (χ0n) is 20.5. The van der Waals surface area contributed by atoms with E-state index in [-0.39, 0.29) is 18.3 Å². The maximum atomic E-state index is 12.7. The summed E-state index contributed by atoms with van der Waals surface area (Å²) in [5.41, 5.74) is 1.09. The fourth-order valence-electron chi connectivity index (χ4n) is 3.26. The number of anilines is 1. The molecular weight excluding hydrogens is 492 g/mol. The van der Waals surface area contributed by atoms with E-state index in [2.05, 4.69) is 15.5 Å². The van der Waals surface area contributed by atoms with E-state index in [1.54, 1.807) is 43.9 Å². The van der Waals surface area contributed by atoms with Crippen LogP contribution in [0.25, 0.3) is 11.4 Å². The van der Waals surface area contributed by atoms with Crippen LogP contribution >= 0.6 is 23.1 Å². The Hall–Kier alpha value is -3.25. The number of esters is 1. The number of thioether (sulfide) groups is 1. The van der Waals surface area contributed by atoms with Crippen LogP contribution in [0.15, 0.2) is 23.4 Å². The maximum absolute atomic E-state index is 12.7. The van der Waals surface area contributed by atoms with E-state index in [1.807, 2.05) is 14.0 Å². The molecule has 0 spiro atoms. The monoisotopic (exact) mass is 520 g/mol. The first-order valence-electron chi connectivity index (χ1n) is 10.8. The number of hydrogen-bond acceptors (Lipinski definition) is 10. The SMILES string of the molecule is CCOC(=O)c1cc(CC)sc1NC(=O)CSc1nnc(-c2cc(OC)c(OC)c(OC)c2)n1C. The fraction of sp³-hybridized carbons (Fsp3) is 0.391. The summed E-state index contributed by atoms with van der Waals surface area (Å²) in [6.45, 7) is 3.99. The summed E-state index contributed by atoms with van der Waals surface area (Å²) in [7, 11) is 6.44. The molecule has 2 aromatic heterocycles. The Morgan fingerprint density at radius 3 is 2.31 bits per heavy atom. The van der Waals surface area contributed by atoms with Crippen molar-refractivity contribution in [3.05, 3.63) is 28.6 Å². The molecule has 1 N–H and O–H groups in total. The van der Waals surface area contributed by atoms with Gasteiger partial charge in [-0.05, 0) is 31.5 Å². The summed E-state index contributed by atoms with van der Waals surface area (Å²) >= 11 is 2.60. The molecule has 1 aromatic carbocycles. The van der Waals surface area contributed by atoms with Crippen molar-refractivity contribution < 1.29 is 28.5 Å². The van der Waals surface area contributed by atoms with Gasteiger partial charge in [-0.15, -0.1) is 21.5 Å². The van der Waals surface area contributed by atoms with Gasteiger partial charge in [0.2, 0.25) is 11.7 Å². The van der Waals surface area contributed by atoms with Gasteiger partial charge in [-0.25, -0.2) is 4.79 Å². The average molecular weight is 521 g/mol. The Bertz CT molecular complexity index is 1180. The zero-order chi connectivity index (χ0) is 25.5. The Morgan fingerprint density at radius 2 is 1.74 bits per heavy atom. The van der Waals surface area contributed by atoms with Crippen molar-refractivity contribution in [3.63, 3.8) is 0 Å². The Labute approximate surface area is 211 Å². The Balaban J connectivity index is 1.74. The van der Waals surface area contributed by atoms with E-state index in [4.69, 9.17) is 18.9 Å². The lowest BCUT2D eigenvalue weighted by Crippen LogP contribution is -2.16. The number of aromatic nitrogens is 3. The van der Waals surface area contributed by atoms with E-state index in [0.29, 0.717) is 38.8 Å². The third-order valence-corrected chi connectivity index (χ3v) is 7.19. The summed E-state index contributed by atoms with van der Waals surface area (Å²) in [4.78, 5) is 25.9. The molecule has 0 saturated heterocycles. The number of carbonyl (C=O) groups excluding carboxylic acids is 2. The summed E-state index contributed by atoms with van der Waals surface area (Å²) < 4.78 is 23.1. The largest absolute Gasteiger partial charge is 0.493 e. The van der Waals surface area contributed by atoms with Crippen molar-refractivity contribution in [3.8, 4) is 28.6 Å². The van der Waals surface area contributed by atoms with E-state index in [1.165, 1.54) is 30.2 Å². The first-order chi connectivity index (χ1) is 16.9. The van der Waals surface area contributed by atoms with Crippen molar-refractivity contribution in [1.29, 1.82) is 0 Å². The van der Waals surface area contributed by atoms with Crippen LogP contribution in [0.4, 0.5) is 5.00 Å². The second kappa shape index (κ2) is 11.9. The molecule has 3 rings (SSSR count). The minimum atomic E-state index is -0.449. The summed E-state index contributed by atoms with van der Waals surface area (Å²) in [5.74, 6) is 1.42. The predicted octanol–water partition coefficient (Wildman–Crippen LogP) is 4.04. The van der Waals surface area contributed by atoms with Crippen molar-refractivity contribution in [2.24, 2.45) is 7.05 Å². The second-order valence-corrected chi connectivity index (χ2v) is 9.22. The first kappa shape index (κ1) is 26.4. The number of ether oxygens (including phenoxy) is 4. The van der Waals surface area contributed by atoms with Gasteiger partial charge in [0, 0.05) is 17.5 Å². The molecule has 0 fully saturated rings. The molecule has 188 valence electrons. The van der Waals surface area contributed by atoms with Crippen LogP contribution < -0.4 is 19.5 Å².